The summed E-state index contributed by atoms with van der Waals surface area (Å²) in [4.78, 5) is 14.0. The van der Waals surface area contributed by atoms with E-state index in [1.54, 1.807) is 0 Å². The molecule has 0 saturated carbocycles. The molecule has 0 amide bonds. The smallest absolute Gasteiger partial charge is 0.319 e. The number of fused-ring (bicyclic) bond motifs is 4. The summed E-state index contributed by atoms with van der Waals surface area (Å²) in [6, 6.07) is 6.74. The number of halogens is 3. The molecular weight excluding hydrogens is 660 g/mol. The first-order valence-electron chi connectivity index (χ1n) is 16.1. The Hall–Kier alpha value is -4.01. The number of nitrogens with zero attached hydrogens (tertiary/aromatic N) is 6. The number of thiophene rings is 1. The van der Waals surface area contributed by atoms with Gasteiger partial charge in [-0.1, -0.05) is 24.6 Å². The van der Waals surface area contributed by atoms with E-state index in [1.807, 2.05) is 11.0 Å². The second-order valence-corrected chi connectivity index (χ2v) is 14.7. The van der Waals surface area contributed by atoms with Gasteiger partial charge in [0.2, 0.25) is 0 Å². The quantitative estimate of drug-likeness (QED) is 0.261. The van der Waals surface area contributed by atoms with Crippen LogP contribution in [0.4, 0.5) is 19.6 Å². The SMILES string of the molecule is C[C@H]1CN2CCC[C@@]2(COc2nc3c4c(c(Cl)c(-c5ccc(F)c6sc(N)c(C#N)c56)c(F)c4n2)OCCC2COCC(C#N)CN32)C1. The van der Waals surface area contributed by atoms with Gasteiger partial charge in [0, 0.05) is 30.5 Å². The average Bonchev–Trinajstić information content (AvgIpc) is 3.66. The molecular formula is C34H32ClF2N7O3S. The summed E-state index contributed by atoms with van der Waals surface area (Å²) in [5.41, 5.74) is 6.02. The number of anilines is 2. The third-order valence-electron chi connectivity index (χ3n) is 10.3. The van der Waals surface area contributed by atoms with Crippen molar-refractivity contribution in [3.63, 3.8) is 0 Å². The van der Waals surface area contributed by atoms with Crippen molar-refractivity contribution >= 4 is 54.7 Å². The van der Waals surface area contributed by atoms with Crippen molar-refractivity contribution in [2.75, 3.05) is 56.7 Å². The number of hydrogen-bond acceptors (Lipinski definition) is 11. The van der Waals surface area contributed by atoms with Gasteiger partial charge in [0.1, 0.15) is 34.8 Å². The molecule has 0 radical (unpaired) electrons. The number of benzene rings is 2. The minimum atomic E-state index is -0.799. The fourth-order valence-corrected chi connectivity index (χ4v) is 9.44. The number of rotatable bonds is 4. The van der Waals surface area contributed by atoms with Gasteiger partial charge < -0.3 is 24.8 Å². The van der Waals surface area contributed by atoms with Gasteiger partial charge in [-0.3, -0.25) is 4.90 Å². The van der Waals surface area contributed by atoms with Crippen LogP contribution in [0.15, 0.2) is 12.1 Å². The zero-order chi connectivity index (χ0) is 33.3. The van der Waals surface area contributed by atoms with E-state index in [0.717, 1.165) is 43.7 Å². The molecule has 3 saturated heterocycles. The molecule has 4 aromatic rings. The normalized spacial score (nSPS) is 25.5. The van der Waals surface area contributed by atoms with Gasteiger partial charge in [0.15, 0.2) is 11.6 Å². The molecule has 4 aliphatic heterocycles. The van der Waals surface area contributed by atoms with E-state index in [1.165, 1.54) is 12.1 Å². The standard InChI is InChI=1S/C34H32ClF2N7O3S/c1-17-9-34(6-2-7-43(34)12-17)16-47-33-41-28-25-29(46-8-5-19-15-45-14-18(10-38)13-44(19)32(25)42-33)26(35)24(27(28)37)20-3-4-22(36)30-23(20)21(11-39)31(40)48-30/h3-4,17-19H,2,5-9,12-16,40H2,1H3/t17-,18?,19?,34+/m1/s1. The maximum absolute atomic E-state index is 17.3. The Labute approximate surface area is 284 Å². The second-order valence-electron chi connectivity index (χ2n) is 13.3. The van der Waals surface area contributed by atoms with Crippen molar-refractivity contribution in [1.82, 2.24) is 14.9 Å². The first-order chi connectivity index (χ1) is 23.2. The Morgan fingerprint density at radius 1 is 1.21 bits per heavy atom. The molecule has 0 bridgehead atoms. The molecule has 8 rings (SSSR count). The molecule has 2 aromatic heterocycles. The Balaban J connectivity index is 1.37. The number of aromatic nitrogens is 2. The lowest BCUT2D eigenvalue weighted by Gasteiger charge is -2.35. The minimum absolute atomic E-state index is 0.00357. The highest BCUT2D eigenvalue weighted by Crippen LogP contribution is 2.51. The lowest BCUT2D eigenvalue weighted by atomic mass is 9.92. The number of nitriles is 2. The third-order valence-corrected chi connectivity index (χ3v) is 11.6. The van der Waals surface area contributed by atoms with Crippen LogP contribution in [0.3, 0.4) is 0 Å². The maximum Gasteiger partial charge on any atom is 0.319 e. The second kappa shape index (κ2) is 11.8. The molecule has 14 heteroatoms. The summed E-state index contributed by atoms with van der Waals surface area (Å²) in [6.07, 6.45) is 3.57. The fourth-order valence-electron chi connectivity index (χ4n) is 8.16. The number of ether oxygens (including phenoxy) is 3. The van der Waals surface area contributed by atoms with Gasteiger partial charge in [-0.15, -0.1) is 11.3 Å². The molecule has 48 heavy (non-hydrogen) atoms. The summed E-state index contributed by atoms with van der Waals surface area (Å²) in [6.45, 7) is 5.67. The zero-order valence-electron chi connectivity index (χ0n) is 26.2. The van der Waals surface area contributed by atoms with E-state index < -0.39 is 17.6 Å². The topological polar surface area (TPSA) is 134 Å². The number of nitrogens with two attached hydrogens (primary N) is 1. The van der Waals surface area contributed by atoms with Crippen LogP contribution in [0, 0.1) is 46.1 Å². The molecule has 0 spiro atoms. The van der Waals surface area contributed by atoms with Gasteiger partial charge in [0.25, 0.3) is 0 Å². The Morgan fingerprint density at radius 2 is 2.06 bits per heavy atom. The molecule has 248 valence electrons. The van der Waals surface area contributed by atoms with Crippen LogP contribution in [0.2, 0.25) is 5.02 Å². The summed E-state index contributed by atoms with van der Waals surface area (Å²) >= 11 is 7.99. The van der Waals surface area contributed by atoms with E-state index in [2.05, 4.69) is 22.9 Å². The molecule has 0 aliphatic carbocycles. The minimum Gasteiger partial charge on any atom is -0.491 e. The largest absolute Gasteiger partial charge is 0.491 e. The maximum atomic E-state index is 17.3. The van der Waals surface area contributed by atoms with Gasteiger partial charge in [0.05, 0.1) is 64.1 Å². The highest BCUT2D eigenvalue weighted by Gasteiger charge is 2.48. The molecule has 2 unspecified atom stereocenters. The van der Waals surface area contributed by atoms with Crippen molar-refractivity contribution < 1.29 is 23.0 Å². The van der Waals surface area contributed by atoms with Crippen molar-refractivity contribution in [3.05, 3.63) is 34.4 Å². The predicted octanol–water partition coefficient (Wildman–Crippen LogP) is 6.28. The number of hydrogen-bond donors (Lipinski definition) is 1. The predicted molar refractivity (Wildman–Crippen MR) is 178 cm³/mol. The van der Waals surface area contributed by atoms with Crippen LogP contribution in [0.5, 0.6) is 11.8 Å². The highest BCUT2D eigenvalue weighted by atomic mass is 35.5. The molecule has 4 aliphatic rings. The summed E-state index contributed by atoms with van der Waals surface area (Å²) in [5.74, 6) is -0.814. The summed E-state index contributed by atoms with van der Waals surface area (Å²) in [5, 5.41) is 20.3. The molecule has 3 fully saturated rings. The lowest BCUT2D eigenvalue weighted by molar-refractivity contribution is 0.107. The first kappa shape index (κ1) is 31.3. The monoisotopic (exact) mass is 691 g/mol. The van der Waals surface area contributed by atoms with Crippen LogP contribution in [-0.2, 0) is 4.74 Å². The van der Waals surface area contributed by atoms with E-state index >= 15 is 8.78 Å². The first-order valence-corrected chi connectivity index (χ1v) is 17.3. The van der Waals surface area contributed by atoms with Crippen LogP contribution in [-0.4, -0.2) is 72.5 Å². The van der Waals surface area contributed by atoms with Gasteiger partial charge >= 0.3 is 6.01 Å². The number of nitrogen functional groups attached to an aromatic ring is 1. The van der Waals surface area contributed by atoms with E-state index in [-0.39, 0.29) is 84.3 Å². The Morgan fingerprint density at radius 3 is 2.88 bits per heavy atom. The van der Waals surface area contributed by atoms with Gasteiger partial charge in [-0.05, 0) is 43.4 Å². The van der Waals surface area contributed by atoms with Gasteiger partial charge in [-0.25, -0.2) is 8.78 Å². The zero-order valence-corrected chi connectivity index (χ0v) is 27.8. The van der Waals surface area contributed by atoms with Crippen molar-refractivity contribution in [2.45, 2.75) is 44.2 Å². The Kier molecular flexibility index (Phi) is 7.72. The van der Waals surface area contributed by atoms with Crippen LogP contribution < -0.4 is 20.1 Å². The van der Waals surface area contributed by atoms with Gasteiger partial charge in [-0.2, -0.15) is 20.5 Å². The van der Waals surface area contributed by atoms with Crippen molar-refractivity contribution in [2.24, 2.45) is 11.8 Å². The highest BCUT2D eigenvalue weighted by molar-refractivity contribution is 7.23. The van der Waals surface area contributed by atoms with Crippen molar-refractivity contribution in [1.29, 1.82) is 10.5 Å². The van der Waals surface area contributed by atoms with E-state index in [4.69, 9.17) is 36.5 Å². The summed E-state index contributed by atoms with van der Waals surface area (Å²) in [7, 11) is 0. The Bertz CT molecular complexity index is 2070. The molecule has 2 N–H and O–H groups in total. The van der Waals surface area contributed by atoms with Crippen LogP contribution in [0.1, 0.15) is 38.2 Å². The van der Waals surface area contributed by atoms with E-state index in [9.17, 15) is 10.5 Å². The van der Waals surface area contributed by atoms with E-state index in [0.29, 0.717) is 37.9 Å². The summed E-state index contributed by atoms with van der Waals surface area (Å²) < 4.78 is 51.0. The van der Waals surface area contributed by atoms with Crippen LogP contribution >= 0.6 is 22.9 Å². The van der Waals surface area contributed by atoms with Crippen LogP contribution in [0.25, 0.3) is 32.1 Å². The third kappa shape index (κ3) is 4.82. The lowest BCUT2D eigenvalue weighted by Crippen LogP contribution is -2.44. The molecule has 10 nitrogen and oxygen atoms in total. The molecule has 2 aromatic carbocycles. The average molecular weight is 692 g/mol. The molecule has 6 heterocycles. The molecule has 4 atom stereocenters. The fraction of sp³-hybridized carbons (Fsp3) is 0.471. The van der Waals surface area contributed by atoms with Crippen molar-refractivity contribution in [3.8, 4) is 35.0 Å².